The molecule has 0 aliphatic carbocycles. The van der Waals surface area contributed by atoms with Gasteiger partial charge in [0, 0.05) is 23.3 Å². The molecule has 0 radical (unpaired) electrons. The first-order valence-corrected chi connectivity index (χ1v) is 8.71. The lowest BCUT2D eigenvalue weighted by Crippen LogP contribution is -2.16. The van der Waals surface area contributed by atoms with E-state index >= 15 is 0 Å². The Kier molecular flexibility index (Phi) is 4.72. The van der Waals surface area contributed by atoms with Crippen molar-refractivity contribution in [2.75, 3.05) is 6.61 Å². The standard InChI is InChI=1S/C21H19N3O3/c25-11-10-24-20-7-6-18(12-17(20)14-22-24)23-9-8-19(13-21(23)26)27-15-16-4-2-1-3-5-16/h1-9,12-14,25H,10-11,15H2. The lowest BCUT2D eigenvalue weighted by atomic mass is 10.2. The highest BCUT2D eigenvalue weighted by atomic mass is 16.5. The number of hydrogen-bond donors (Lipinski definition) is 1. The highest BCUT2D eigenvalue weighted by molar-refractivity contribution is 5.80. The Balaban J connectivity index is 1.57. The summed E-state index contributed by atoms with van der Waals surface area (Å²) in [6, 6.07) is 18.8. The maximum Gasteiger partial charge on any atom is 0.258 e. The van der Waals surface area contributed by atoms with Crippen LogP contribution in [0.25, 0.3) is 16.6 Å². The SMILES string of the molecule is O=c1cc(OCc2ccccc2)ccn1-c1ccc2c(cnn2CCO)c1. The van der Waals surface area contributed by atoms with E-state index in [1.807, 2.05) is 48.5 Å². The average molecular weight is 361 g/mol. The Hall–Kier alpha value is -3.38. The summed E-state index contributed by atoms with van der Waals surface area (Å²) < 4.78 is 9.02. The monoisotopic (exact) mass is 361 g/mol. The van der Waals surface area contributed by atoms with Crippen molar-refractivity contribution >= 4 is 10.9 Å². The van der Waals surface area contributed by atoms with E-state index in [-0.39, 0.29) is 12.2 Å². The molecule has 1 N–H and O–H groups in total. The molecule has 0 saturated heterocycles. The van der Waals surface area contributed by atoms with Gasteiger partial charge in [0.2, 0.25) is 0 Å². The predicted molar refractivity (Wildman–Crippen MR) is 103 cm³/mol. The molecule has 4 rings (SSSR count). The van der Waals surface area contributed by atoms with Gasteiger partial charge < -0.3 is 9.84 Å². The number of aliphatic hydroxyl groups excluding tert-OH is 1. The van der Waals surface area contributed by atoms with Gasteiger partial charge in [0.1, 0.15) is 12.4 Å². The second-order valence-corrected chi connectivity index (χ2v) is 6.18. The summed E-state index contributed by atoms with van der Waals surface area (Å²) in [4.78, 5) is 12.5. The number of nitrogens with zero attached hydrogens (tertiary/aromatic N) is 3. The van der Waals surface area contributed by atoms with E-state index in [9.17, 15) is 4.79 Å². The quantitative estimate of drug-likeness (QED) is 0.573. The highest BCUT2D eigenvalue weighted by Crippen LogP contribution is 2.18. The average Bonchev–Trinajstić information content (AvgIpc) is 3.10. The van der Waals surface area contributed by atoms with Gasteiger partial charge in [-0.05, 0) is 29.8 Å². The molecule has 2 heterocycles. The molecule has 2 aromatic heterocycles. The number of rotatable bonds is 6. The molecule has 2 aromatic carbocycles. The normalized spacial score (nSPS) is 11.0. The number of benzene rings is 2. The number of hydrogen-bond acceptors (Lipinski definition) is 4. The molecule has 0 fully saturated rings. The van der Waals surface area contributed by atoms with Crippen LogP contribution in [0.2, 0.25) is 0 Å². The van der Waals surface area contributed by atoms with Crippen molar-refractivity contribution in [3.63, 3.8) is 0 Å². The summed E-state index contributed by atoms with van der Waals surface area (Å²) in [6.07, 6.45) is 3.44. The first kappa shape index (κ1) is 17.1. The van der Waals surface area contributed by atoms with Crippen LogP contribution < -0.4 is 10.3 Å². The topological polar surface area (TPSA) is 69.3 Å². The summed E-state index contributed by atoms with van der Waals surface area (Å²) in [5.74, 6) is 0.539. The van der Waals surface area contributed by atoms with E-state index < -0.39 is 0 Å². The largest absolute Gasteiger partial charge is 0.489 e. The van der Waals surface area contributed by atoms with Crippen LogP contribution >= 0.6 is 0 Å². The van der Waals surface area contributed by atoms with Gasteiger partial charge in [0.15, 0.2) is 0 Å². The van der Waals surface area contributed by atoms with Crippen LogP contribution in [0.15, 0.2) is 77.9 Å². The van der Waals surface area contributed by atoms with E-state index in [0.717, 1.165) is 22.2 Å². The maximum absolute atomic E-state index is 12.5. The summed E-state index contributed by atoms with van der Waals surface area (Å²) in [7, 11) is 0. The van der Waals surface area contributed by atoms with Gasteiger partial charge in [-0.3, -0.25) is 14.0 Å². The molecule has 0 aliphatic rings. The van der Waals surface area contributed by atoms with E-state index in [2.05, 4.69) is 5.10 Å². The number of pyridine rings is 1. The fourth-order valence-electron chi connectivity index (χ4n) is 3.00. The summed E-state index contributed by atoms with van der Waals surface area (Å²) >= 11 is 0. The van der Waals surface area contributed by atoms with Crippen molar-refractivity contribution in [3.05, 3.63) is 89.0 Å². The van der Waals surface area contributed by atoms with Crippen LogP contribution in [-0.4, -0.2) is 26.1 Å². The van der Waals surface area contributed by atoms with Gasteiger partial charge in [0.25, 0.3) is 5.56 Å². The van der Waals surface area contributed by atoms with Crippen LogP contribution in [-0.2, 0) is 13.2 Å². The molecular formula is C21H19N3O3. The molecule has 0 spiro atoms. The Bertz CT molecular complexity index is 1120. The van der Waals surface area contributed by atoms with Crippen LogP contribution in [0.1, 0.15) is 5.56 Å². The third-order valence-electron chi connectivity index (χ3n) is 4.35. The van der Waals surface area contributed by atoms with E-state index in [4.69, 9.17) is 9.84 Å². The number of fused-ring (bicyclic) bond motifs is 1. The molecular weight excluding hydrogens is 342 g/mol. The predicted octanol–water partition coefficient (Wildman–Crippen LogP) is 2.76. The van der Waals surface area contributed by atoms with Crippen molar-refractivity contribution < 1.29 is 9.84 Å². The van der Waals surface area contributed by atoms with Gasteiger partial charge >= 0.3 is 0 Å². The summed E-state index contributed by atoms with van der Waals surface area (Å²) in [5.41, 5.74) is 2.56. The molecule has 6 heteroatoms. The zero-order valence-corrected chi connectivity index (χ0v) is 14.7. The van der Waals surface area contributed by atoms with Gasteiger partial charge in [-0.25, -0.2) is 0 Å². The van der Waals surface area contributed by atoms with Crippen LogP contribution in [0.4, 0.5) is 0 Å². The highest BCUT2D eigenvalue weighted by Gasteiger charge is 2.07. The van der Waals surface area contributed by atoms with Crippen LogP contribution in [0.3, 0.4) is 0 Å². The number of ether oxygens (including phenoxy) is 1. The smallest absolute Gasteiger partial charge is 0.258 e. The summed E-state index contributed by atoms with van der Waals surface area (Å²) in [5, 5.41) is 14.3. The van der Waals surface area contributed by atoms with Crippen molar-refractivity contribution in [2.24, 2.45) is 0 Å². The van der Waals surface area contributed by atoms with Crippen molar-refractivity contribution in [1.29, 1.82) is 0 Å². The molecule has 0 atom stereocenters. The molecule has 4 aromatic rings. The summed E-state index contributed by atoms with van der Waals surface area (Å²) in [6.45, 7) is 0.888. The Morgan fingerprint density at radius 2 is 1.89 bits per heavy atom. The fourth-order valence-corrected chi connectivity index (χ4v) is 3.00. The molecule has 0 unspecified atom stereocenters. The van der Waals surface area contributed by atoms with E-state index in [1.54, 1.807) is 27.7 Å². The lowest BCUT2D eigenvalue weighted by molar-refractivity contribution is 0.271. The van der Waals surface area contributed by atoms with Gasteiger partial charge in [0.05, 0.1) is 24.9 Å². The minimum atomic E-state index is -0.164. The zero-order valence-electron chi connectivity index (χ0n) is 14.7. The van der Waals surface area contributed by atoms with Crippen molar-refractivity contribution in [2.45, 2.75) is 13.2 Å². The molecule has 0 aliphatic heterocycles. The first-order chi connectivity index (χ1) is 13.2. The van der Waals surface area contributed by atoms with Crippen molar-refractivity contribution in [3.8, 4) is 11.4 Å². The second-order valence-electron chi connectivity index (χ2n) is 6.18. The third kappa shape index (κ3) is 3.61. The first-order valence-electron chi connectivity index (χ1n) is 8.71. The molecule has 0 amide bonds. The molecule has 27 heavy (non-hydrogen) atoms. The third-order valence-corrected chi connectivity index (χ3v) is 4.35. The minimum absolute atomic E-state index is 0.0302. The molecule has 6 nitrogen and oxygen atoms in total. The van der Waals surface area contributed by atoms with Crippen LogP contribution in [0.5, 0.6) is 5.75 Å². The van der Waals surface area contributed by atoms with Crippen LogP contribution in [0, 0.1) is 0 Å². The van der Waals surface area contributed by atoms with Gasteiger partial charge in [-0.1, -0.05) is 30.3 Å². The molecule has 136 valence electrons. The lowest BCUT2D eigenvalue weighted by Gasteiger charge is -2.09. The Labute approximate surface area is 155 Å². The number of aliphatic hydroxyl groups is 1. The van der Waals surface area contributed by atoms with Gasteiger partial charge in [-0.2, -0.15) is 5.10 Å². The second kappa shape index (κ2) is 7.47. The fraction of sp³-hybridized carbons (Fsp3) is 0.143. The van der Waals surface area contributed by atoms with E-state index in [0.29, 0.717) is 18.9 Å². The molecule has 0 saturated carbocycles. The minimum Gasteiger partial charge on any atom is -0.489 e. The van der Waals surface area contributed by atoms with Gasteiger partial charge in [-0.15, -0.1) is 0 Å². The Morgan fingerprint density at radius 1 is 1.04 bits per heavy atom. The zero-order chi connectivity index (χ0) is 18.6. The Morgan fingerprint density at radius 3 is 2.67 bits per heavy atom. The van der Waals surface area contributed by atoms with E-state index in [1.165, 1.54) is 6.07 Å². The maximum atomic E-state index is 12.5. The number of aromatic nitrogens is 3. The van der Waals surface area contributed by atoms with Crippen molar-refractivity contribution in [1.82, 2.24) is 14.3 Å². The molecule has 0 bridgehead atoms.